The lowest BCUT2D eigenvalue weighted by atomic mass is 9.93. The third-order valence-corrected chi connectivity index (χ3v) is 5.25. The van der Waals surface area contributed by atoms with Gasteiger partial charge in [0.05, 0.1) is 23.9 Å². The molecule has 2 aromatic heterocycles. The van der Waals surface area contributed by atoms with E-state index in [1.54, 1.807) is 30.2 Å². The zero-order chi connectivity index (χ0) is 20.5. The number of hydrogen-bond donors (Lipinski definition) is 0. The van der Waals surface area contributed by atoms with Crippen molar-refractivity contribution in [2.75, 3.05) is 18.1 Å². The average Bonchev–Trinajstić information content (AvgIpc) is 3.34. The van der Waals surface area contributed by atoms with Gasteiger partial charge >= 0.3 is 5.97 Å². The van der Waals surface area contributed by atoms with E-state index in [9.17, 15) is 9.59 Å². The van der Waals surface area contributed by atoms with Crippen molar-refractivity contribution < 1.29 is 18.7 Å². The Kier molecular flexibility index (Phi) is 5.13. The molecule has 29 heavy (non-hydrogen) atoms. The third kappa shape index (κ3) is 3.30. The lowest BCUT2D eigenvalue weighted by Gasteiger charge is -2.37. The van der Waals surface area contributed by atoms with Gasteiger partial charge in [0.25, 0.3) is 0 Å². The van der Waals surface area contributed by atoms with Gasteiger partial charge in [-0.25, -0.2) is 4.98 Å². The fourth-order valence-electron chi connectivity index (χ4n) is 3.86. The number of benzene rings is 1. The maximum absolute atomic E-state index is 13.5. The second kappa shape index (κ2) is 7.73. The van der Waals surface area contributed by atoms with Gasteiger partial charge in [0.1, 0.15) is 11.8 Å². The van der Waals surface area contributed by atoms with Gasteiger partial charge in [-0.05, 0) is 43.5 Å². The van der Waals surface area contributed by atoms with Crippen LogP contribution in [0.25, 0.3) is 11.0 Å². The molecule has 0 saturated heterocycles. The number of anilines is 1. The topological polar surface area (TPSA) is 77.6 Å². The summed E-state index contributed by atoms with van der Waals surface area (Å²) in [4.78, 5) is 32.8. The summed E-state index contributed by atoms with van der Waals surface area (Å²) >= 11 is 0. The number of carbonyl (C=O) groups excluding carboxylic acids is 2. The first-order valence-electron chi connectivity index (χ1n) is 10.0. The van der Waals surface area contributed by atoms with Crippen LogP contribution in [0.15, 0.2) is 47.1 Å². The summed E-state index contributed by atoms with van der Waals surface area (Å²) in [5, 5.41) is 0. The van der Waals surface area contributed by atoms with Crippen LogP contribution in [-0.2, 0) is 14.3 Å². The summed E-state index contributed by atoms with van der Waals surface area (Å²) in [5.41, 5.74) is 1.62. The Morgan fingerprint density at radius 1 is 1.24 bits per heavy atom. The van der Waals surface area contributed by atoms with Crippen molar-refractivity contribution in [3.05, 3.63) is 48.4 Å². The van der Waals surface area contributed by atoms with Gasteiger partial charge in [0.15, 0.2) is 5.92 Å². The Morgan fingerprint density at radius 3 is 2.72 bits per heavy atom. The van der Waals surface area contributed by atoms with E-state index in [-0.39, 0.29) is 12.5 Å². The monoisotopic (exact) mass is 395 g/mol. The molecule has 3 aromatic rings. The molecule has 4 rings (SSSR count). The van der Waals surface area contributed by atoms with Crippen LogP contribution in [0.5, 0.6) is 0 Å². The second-order valence-corrected chi connectivity index (χ2v) is 7.63. The van der Waals surface area contributed by atoms with Crippen molar-refractivity contribution in [3.63, 3.8) is 0 Å². The molecule has 0 fully saturated rings. The largest absolute Gasteiger partial charge is 0.467 e. The van der Waals surface area contributed by atoms with Gasteiger partial charge in [-0.15, -0.1) is 0 Å². The molecule has 3 heterocycles. The van der Waals surface area contributed by atoms with E-state index < -0.39 is 17.9 Å². The zero-order valence-corrected chi connectivity index (χ0v) is 16.9. The maximum atomic E-state index is 13.5. The smallest absolute Gasteiger partial charge is 0.321 e. The van der Waals surface area contributed by atoms with Crippen LogP contribution in [-0.4, -0.2) is 34.6 Å². The molecular weight excluding hydrogens is 370 g/mol. The van der Waals surface area contributed by atoms with Crippen molar-refractivity contribution in [1.82, 2.24) is 9.55 Å². The number of para-hydroxylation sites is 2. The van der Waals surface area contributed by atoms with Crippen LogP contribution in [0.1, 0.15) is 39.0 Å². The Labute approximate surface area is 169 Å². The number of esters is 1. The standard InChI is InChI=1S/C22H25N3O4/c1-4-28-21(27)18-19(17-10-7-13-29-17)25-16-9-6-5-8-15(16)23-22(25)24(20(18)26)12-11-14(2)3/h5-10,13-14,18-19H,4,11-12H2,1-3H3/t18-,19+/m0/s1. The van der Waals surface area contributed by atoms with Gasteiger partial charge in [-0.3, -0.25) is 19.1 Å². The van der Waals surface area contributed by atoms with Crippen molar-refractivity contribution in [1.29, 1.82) is 0 Å². The molecule has 1 aliphatic rings. The SMILES string of the molecule is CCOC(=O)[C@@H]1C(=O)N(CCC(C)C)c2nc3ccccc3n2[C@@H]1c1ccco1. The van der Waals surface area contributed by atoms with Gasteiger partial charge in [0, 0.05) is 6.54 Å². The summed E-state index contributed by atoms with van der Waals surface area (Å²) in [6, 6.07) is 10.6. The van der Waals surface area contributed by atoms with Crippen LogP contribution < -0.4 is 4.90 Å². The van der Waals surface area contributed by atoms with Crippen molar-refractivity contribution in [2.45, 2.75) is 33.2 Å². The molecule has 0 saturated carbocycles. The minimum absolute atomic E-state index is 0.205. The number of aromatic nitrogens is 2. The van der Waals surface area contributed by atoms with Gasteiger partial charge in [-0.1, -0.05) is 26.0 Å². The predicted molar refractivity (Wildman–Crippen MR) is 109 cm³/mol. The van der Waals surface area contributed by atoms with E-state index >= 15 is 0 Å². The van der Waals surface area contributed by atoms with Gasteiger partial charge in [-0.2, -0.15) is 0 Å². The highest BCUT2D eigenvalue weighted by Crippen LogP contribution is 2.41. The summed E-state index contributed by atoms with van der Waals surface area (Å²) in [5.74, 6) is -0.392. The first-order valence-corrected chi connectivity index (χ1v) is 10.0. The van der Waals surface area contributed by atoms with E-state index in [0.29, 0.717) is 24.2 Å². The third-order valence-electron chi connectivity index (χ3n) is 5.25. The molecule has 2 atom stereocenters. The van der Waals surface area contributed by atoms with Crippen molar-refractivity contribution in [3.8, 4) is 0 Å². The van der Waals surface area contributed by atoms with Gasteiger partial charge < -0.3 is 9.15 Å². The zero-order valence-electron chi connectivity index (χ0n) is 16.9. The number of carbonyl (C=O) groups is 2. The molecular formula is C22H25N3O4. The average molecular weight is 395 g/mol. The molecule has 1 aliphatic heterocycles. The molecule has 7 nitrogen and oxygen atoms in total. The summed E-state index contributed by atoms with van der Waals surface area (Å²) < 4.78 is 12.9. The van der Waals surface area contributed by atoms with E-state index in [1.807, 2.05) is 28.8 Å². The number of amides is 1. The lowest BCUT2D eigenvalue weighted by Crippen LogP contribution is -2.50. The Morgan fingerprint density at radius 2 is 2.03 bits per heavy atom. The van der Waals surface area contributed by atoms with E-state index in [2.05, 4.69) is 13.8 Å². The Bertz CT molecular complexity index is 1020. The summed E-state index contributed by atoms with van der Waals surface area (Å²) in [6.07, 6.45) is 2.35. The molecule has 7 heteroatoms. The van der Waals surface area contributed by atoms with Crippen molar-refractivity contribution in [2.24, 2.45) is 11.8 Å². The fraction of sp³-hybridized carbons (Fsp3) is 0.409. The molecule has 0 N–H and O–H groups in total. The minimum Gasteiger partial charge on any atom is -0.467 e. The number of rotatable bonds is 6. The van der Waals surface area contributed by atoms with E-state index in [1.165, 1.54) is 0 Å². The molecule has 152 valence electrons. The Hall–Kier alpha value is -3.09. The number of fused-ring (bicyclic) bond motifs is 3. The molecule has 0 radical (unpaired) electrons. The molecule has 0 unspecified atom stereocenters. The van der Waals surface area contributed by atoms with Crippen LogP contribution in [0.3, 0.4) is 0 Å². The highest BCUT2D eigenvalue weighted by Gasteiger charge is 2.48. The van der Waals surface area contributed by atoms with Crippen LogP contribution in [0.2, 0.25) is 0 Å². The normalized spacial score (nSPS) is 19.0. The quantitative estimate of drug-likeness (QED) is 0.469. The number of hydrogen-bond acceptors (Lipinski definition) is 5. The minimum atomic E-state index is -1.03. The maximum Gasteiger partial charge on any atom is 0.321 e. The molecule has 0 aliphatic carbocycles. The fourth-order valence-corrected chi connectivity index (χ4v) is 3.86. The highest BCUT2D eigenvalue weighted by molar-refractivity contribution is 6.08. The van der Waals surface area contributed by atoms with E-state index in [4.69, 9.17) is 14.1 Å². The molecule has 0 spiro atoms. The Balaban J connectivity index is 1.93. The van der Waals surface area contributed by atoms with E-state index in [0.717, 1.165) is 17.5 Å². The number of imidazole rings is 1. The molecule has 1 aromatic carbocycles. The first-order chi connectivity index (χ1) is 14.0. The molecule has 1 amide bonds. The van der Waals surface area contributed by atoms with Crippen LogP contribution in [0.4, 0.5) is 5.95 Å². The highest BCUT2D eigenvalue weighted by atomic mass is 16.5. The van der Waals surface area contributed by atoms with Crippen LogP contribution in [0, 0.1) is 11.8 Å². The number of furan rings is 1. The van der Waals surface area contributed by atoms with Crippen molar-refractivity contribution >= 4 is 28.9 Å². The summed E-state index contributed by atoms with van der Waals surface area (Å²) in [6.45, 7) is 6.64. The van der Waals surface area contributed by atoms with Crippen LogP contribution >= 0.6 is 0 Å². The predicted octanol–water partition coefficient (Wildman–Crippen LogP) is 3.79. The first kappa shape index (κ1) is 19.2. The molecule has 0 bridgehead atoms. The number of ether oxygens (including phenoxy) is 1. The summed E-state index contributed by atoms with van der Waals surface area (Å²) in [7, 11) is 0. The second-order valence-electron chi connectivity index (χ2n) is 7.63. The number of nitrogens with zero attached hydrogens (tertiary/aromatic N) is 3. The lowest BCUT2D eigenvalue weighted by molar-refractivity contribution is -0.153. The van der Waals surface area contributed by atoms with Gasteiger partial charge in [0.2, 0.25) is 11.9 Å².